The highest BCUT2D eigenvalue weighted by Gasteiger charge is 2.17. The van der Waals surface area contributed by atoms with E-state index in [4.69, 9.17) is 11.6 Å². The number of halogens is 1. The molecule has 0 saturated carbocycles. The number of esters is 1. The number of hydrogen-bond donors (Lipinski definition) is 0. The van der Waals surface area contributed by atoms with Crippen LogP contribution >= 0.6 is 11.6 Å². The predicted molar refractivity (Wildman–Crippen MR) is 74.0 cm³/mol. The molecule has 0 aliphatic rings. The van der Waals surface area contributed by atoms with Crippen molar-refractivity contribution in [3.05, 3.63) is 34.9 Å². The Labute approximate surface area is 118 Å². The van der Waals surface area contributed by atoms with E-state index >= 15 is 0 Å². The molecular weight excluding hydrogens is 266 g/mol. The Bertz CT molecular complexity index is 448. The molecule has 0 atom stereocenters. The zero-order valence-electron chi connectivity index (χ0n) is 11.2. The largest absolute Gasteiger partial charge is 0.468 e. The lowest BCUT2D eigenvalue weighted by Crippen LogP contribution is -2.37. The second-order valence-corrected chi connectivity index (χ2v) is 4.63. The van der Waals surface area contributed by atoms with Crippen LogP contribution in [0.15, 0.2) is 24.3 Å². The summed E-state index contributed by atoms with van der Waals surface area (Å²) in [5.74, 6) is -0.512. The number of rotatable bonds is 6. The minimum absolute atomic E-state index is 0.0102. The molecule has 1 aromatic rings. The molecule has 1 rings (SSSR count). The third-order valence-corrected chi connectivity index (χ3v) is 2.87. The number of nitrogens with zero attached hydrogens (tertiary/aromatic N) is 1. The number of benzene rings is 1. The topological polar surface area (TPSA) is 46.6 Å². The molecule has 4 nitrogen and oxygen atoms in total. The molecule has 1 amide bonds. The van der Waals surface area contributed by atoms with E-state index in [0.717, 1.165) is 12.0 Å². The summed E-state index contributed by atoms with van der Waals surface area (Å²) in [6.45, 7) is 2.48. The highest BCUT2D eigenvalue weighted by Crippen LogP contribution is 2.12. The minimum atomic E-state index is -0.409. The van der Waals surface area contributed by atoms with Gasteiger partial charge in [0.15, 0.2) is 0 Å². The Kier molecular flexibility index (Phi) is 6.36. The van der Waals surface area contributed by atoms with Crippen molar-refractivity contribution in [1.29, 1.82) is 0 Å². The molecule has 1 aromatic carbocycles. The zero-order valence-corrected chi connectivity index (χ0v) is 11.9. The third kappa shape index (κ3) is 5.30. The summed E-state index contributed by atoms with van der Waals surface area (Å²) in [6, 6.07) is 7.15. The summed E-state index contributed by atoms with van der Waals surface area (Å²) < 4.78 is 4.59. The maximum absolute atomic E-state index is 12.1. The SMILES string of the molecule is CCCN(CC(=O)OC)C(=O)Cc1cccc(Cl)c1. The van der Waals surface area contributed by atoms with Crippen molar-refractivity contribution in [2.24, 2.45) is 0 Å². The fraction of sp³-hybridized carbons (Fsp3) is 0.429. The predicted octanol–water partition coefficient (Wildman–Crippen LogP) is 2.29. The molecule has 0 aromatic heterocycles. The van der Waals surface area contributed by atoms with E-state index in [1.54, 1.807) is 18.2 Å². The van der Waals surface area contributed by atoms with Crippen molar-refractivity contribution in [3.8, 4) is 0 Å². The van der Waals surface area contributed by atoms with Crippen LogP contribution in [-0.2, 0) is 20.7 Å². The van der Waals surface area contributed by atoms with Gasteiger partial charge in [-0.3, -0.25) is 9.59 Å². The summed E-state index contributed by atoms with van der Waals surface area (Å²) in [6.07, 6.45) is 1.02. The average Bonchev–Trinajstić information content (AvgIpc) is 2.38. The molecule has 5 heteroatoms. The number of amides is 1. The molecule has 19 heavy (non-hydrogen) atoms. The molecule has 0 unspecified atom stereocenters. The van der Waals surface area contributed by atoms with Gasteiger partial charge < -0.3 is 9.64 Å². The molecular formula is C14H18ClNO3. The standard InChI is InChI=1S/C14H18ClNO3/c1-3-7-16(10-14(18)19-2)13(17)9-11-5-4-6-12(15)8-11/h4-6,8H,3,7,9-10H2,1-2H3. The lowest BCUT2D eigenvalue weighted by Gasteiger charge is -2.20. The van der Waals surface area contributed by atoms with Crippen molar-refractivity contribution in [1.82, 2.24) is 4.90 Å². The summed E-state index contributed by atoms with van der Waals surface area (Å²) >= 11 is 5.88. The Morgan fingerprint density at radius 3 is 2.68 bits per heavy atom. The van der Waals surface area contributed by atoms with Crippen molar-refractivity contribution >= 4 is 23.5 Å². The van der Waals surface area contributed by atoms with Gasteiger partial charge in [0, 0.05) is 11.6 Å². The fourth-order valence-electron chi connectivity index (χ4n) is 1.72. The minimum Gasteiger partial charge on any atom is -0.468 e. The molecule has 0 aliphatic carbocycles. The average molecular weight is 284 g/mol. The lowest BCUT2D eigenvalue weighted by molar-refractivity contribution is -0.146. The van der Waals surface area contributed by atoms with E-state index in [9.17, 15) is 9.59 Å². The number of hydrogen-bond acceptors (Lipinski definition) is 3. The van der Waals surface area contributed by atoms with Gasteiger partial charge in [-0.2, -0.15) is 0 Å². The summed E-state index contributed by atoms with van der Waals surface area (Å²) in [5, 5.41) is 0.598. The van der Waals surface area contributed by atoms with E-state index in [0.29, 0.717) is 11.6 Å². The number of carbonyl (C=O) groups excluding carboxylic acids is 2. The number of methoxy groups -OCH3 is 1. The Hall–Kier alpha value is -1.55. The Morgan fingerprint density at radius 2 is 2.11 bits per heavy atom. The van der Waals surface area contributed by atoms with Crippen LogP contribution in [0.4, 0.5) is 0 Å². The van der Waals surface area contributed by atoms with E-state index in [-0.39, 0.29) is 18.9 Å². The molecule has 0 aliphatic heterocycles. The first kappa shape index (κ1) is 15.5. The first-order valence-electron chi connectivity index (χ1n) is 6.15. The van der Waals surface area contributed by atoms with Crippen LogP contribution in [0.3, 0.4) is 0 Å². The second-order valence-electron chi connectivity index (χ2n) is 4.20. The van der Waals surface area contributed by atoms with E-state index in [2.05, 4.69) is 4.74 Å². The summed E-state index contributed by atoms with van der Waals surface area (Å²) in [4.78, 5) is 24.9. The maximum Gasteiger partial charge on any atom is 0.325 e. The monoisotopic (exact) mass is 283 g/mol. The Balaban J connectivity index is 2.68. The molecule has 0 heterocycles. The molecule has 0 spiro atoms. The molecule has 0 fully saturated rings. The highest BCUT2D eigenvalue weighted by atomic mass is 35.5. The number of carbonyl (C=O) groups is 2. The second kappa shape index (κ2) is 7.79. The van der Waals surface area contributed by atoms with Gasteiger partial charge >= 0.3 is 5.97 Å². The van der Waals surface area contributed by atoms with Gasteiger partial charge in [-0.25, -0.2) is 0 Å². The van der Waals surface area contributed by atoms with E-state index < -0.39 is 5.97 Å². The van der Waals surface area contributed by atoms with Gasteiger partial charge in [-0.1, -0.05) is 30.7 Å². The van der Waals surface area contributed by atoms with Crippen molar-refractivity contribution in [2.75, 3.05) is 20.2 Å². The van der Waals surface area contributed by atoms with Gasteiger partial charge in [0.05, 0.1) is 13.5 Å². The lowest BCUT2D eigenvalue weighted by atomic mass is 10.1. The molecule has 104 valence electrons. The van der Waals surface area contributed by atoms with E-state index in [1.807, 2.05) is 13.0 Å². The summed E-state index contributed by atoms with van der Waals surface area (Å²) in [5.41, 5.74) is 0.837. The van der Waals surface area contributed by atoms with Gasteiger partial charge in [-0.05, 0) is 24.1 Å². The van der Waals surface area contributed by atoms with Crippen LogP contribution in [0.2, 0.25) is 5.02 Å². The van der Waals surface area contributed by atoms with Gasteiger partial charge in [0.2, 0.25) is 5.91 Å². The van der Waals surface area contributed by atoms with Gasteiger partial charge in [0.25, 0.3) is 0 Å². The van der Waals surface area contributed by atoms with Crippen molar-refractivity contribution in [3.63, 3.8) is 0 Å². The van der Waals surface area contributed by atoms with Gasteiger partial charge in [0.1, 0.15) is 6.54 Å². The first-order chi connectivity index (χ1) is 9.06. The quantitative estimate of drug-likeness (QED) is 0.753. The molecule has 0 saturated heterocycles. The Morgan fingerprint density at radius 1 is 1.37 bits per heavy atom. The third-order valence-electron chi connectivity index (χ3n) is 2.64. The van der Waals surface area contributed by atoms with Crippen LogP contribution in [-0.4, -0.2) is 37.0 Å². The van der Waals surface area contributed by atoms with Crippen LogP contribution in [0.25, 0.3) is 0 Å². The van der Waals surface area contributed by atoms with Crippen molar-refractivity contribution < 1.29 is 14.3 Å². The molecule has 0 bridgehead atoms. The fourth-order valence-corrected chi connectivity index (χ4v) is 1.93. The van der Waals surface area contributed by atoms with Crippen LogP contribution in [0, 0.1) is 0 Å². The number of ether oxygens (including phenoxy) is 1. The highest BCUT2D eigenvalue weighted by molar-refractivity contribution is 6.30. The normalized spacial score (nSPS) is 10.1. The first-order valence-corrected chi connectivity index (χ1v) is 6.53. The smallest absolute Gasteiger partial charge is 0.325 e. The van der Waals surface area contributed by atoms with Crippen LogP contribution < -0.4 is 0 Å². The molecule has 0 N–H and O–H groups in total. The van der Waals surface area contributed by atoms with Crippen molar-refractivity contribution in [2.45, 2.75) is 19.8 Å². The van der Waals surface area contributed by atoms with Crippen LogP contribution in [0.5, 0.6) is 0 Å². The van der Waals surface area contributed by atoms with E-state index in [1.165, 1.54) is 12.0 Å². The molecule has 0 radical (unpaired) electrons. The zero-order chi connectivity index (χ0) is 14.3. The van der Waals surface area contributed by atoms with Crippen LogP contribution in [0.1, 0.15) is 18.9 Å². The van der Waals surface area contributed by atoms with Gasteiger partial charge in [-0.15, -0.1) is 0 Å². The maximum atomic E-state index is 12.1. The summed E-state index contributed by atoms with van der Waals surface area (Å²) in [7, 11) is 1.31.